The van der Waals surface area contributed by atoms with Gasteiger partial charge in [-0.1, -0.05) is 30.3 Å². The number of carbonyl (C=O) groups excluding carboxylic acids is 2. The third kappa shape index (κ3) is 5.07. The molecule has 1 aromatic carbocycles. The van der Waals surface area contributed by atoms with Crippen LogP contribution in [0.2, 0.25) is 0 Å². The first-order chi connectivity index (χ1) is 15.4. The average molecular weight is 469 g/mol. The maximum absolute atomic E-state index is 12.8. The molecule has 1 fully saturated rings. The van der Waals surface area contributed by atoms with Gasteiger partial charge in [-0.15, -0.1) is 22.7 Å². The van der Waals surface area contributed by atoms with Crippen LogP contribution >= 0.6 is 22.7 Å². The fraction of sp³-hybridized carbons (Fsp3) is 0.417. The SMILES string of the molecule is Cc1nc(C)c(C(=O)N2CCC(c3nc(C(=O)N(C)CCc4ccccc4)cs3)CC2)s1. The minimum atomic E-state index is -0.0351. The Morgan fingerprint density at radius 2 is 1.84 bits per heavy atom. The molecule has 168 valence electrons. The molecule has 8 heteroatoms. The predicted molar refractivity (Wildman–Crippen MR) is 129 cm³/mol. The molecular weight excluding hydrogens is 440 g/mol. The number of hydrogen-bond acceptors (Lipinski definition) is 6. The molecule has 2 aromatic heterocycles. The molecule has 3 heterocycles. The highest BCUT2D eigenvalue weighted by Gasteiger charge is 2.28. The van der Waals surface area contributed by atoms with Gasteiger partial charge in [0, 0.05) is 38.0 Å². The van der Waals surface area contributed by atoms with Gasteiger partial charge in [-0.25, -0.2) is 9.97 Å². The zero-order valence-electron chi connectivity index (χ0n) is 18.7. The molecule has 1 aliphatic rings. The highest BCUT2D eigenvalue weighted by molar-refractivity contribution is 7.13. The molecule has 3 aromatic rings. The van der Waals surface area contributed by atoms with E-state index in [0.29, 0.717) is 31.2 Å². The van der Waals surface area contributed by atoms with E-state index in [1.54, 1.807) is 16.2 Å². The molecule has 32 heavy (non-hydrogen) atoms. The van der Waals surface area contributed by atoms with Crippen molar-refractivity contribution in [3.05, 3.63) is 67.6 Å². The number of carbonyl (C=O) groups is 2. The van der Waals surface area contributed by atoms with Crippen LogP contribution < -0.4 is 0 Å². The fourth-order valence-corrected chi connectivity index (χ4v) is 5.87. The summed E-state index contributed by atoms with van der Waals surface area (Å²) in [5.74, 6) is 0.346. The van der Waals surface area contributed by atoms with Crippen molar-refractivity contribution in [3.63, 3.8) is 0 Å². The van der Waals surface area contributed by atoms with Crippen molar-refractivity contribution >= 4 is 34.5 Å². The Balaban J connectivity index is 1.31. The van der Waals surface area contributed by atoms with E-state index in [4.69, 9.17) is 0 Å². The summed E-state index contributed by atoms with van der Waals surface area (Å²) in [5, 5.41) is 3.80. The van der Waals surface area contributed by atoms with Gasteiger partial charge in [-0.05, 0) is 38.7 Å². The number of benzene rings is 1. The first kappa shape index (κ1) is 22.6. The lowest BCUT2D eigenvalue weighted by molar-refractivity contribution is 0.0717. The van der Waals surface area contributed by atoms with Crippen LogP contribution in [0.15, 0.2) is 35.7 Å². The molecule has 0 saturated carbocycles. The number of piperidine rings is 1. The third-order valence-corrected chi connectivity index (χ3v) is 7.96. The van der Waals surface area contributed by atoms with Crippen LogP contribution in [0.4, 0.5) is 0 Å². The van der Waals surface area contributed by atoms with Gasteiger partial charge in [-0.3, -0.25) is 9.59 Å². The summed E-state index contributed by atoms with van der Waals surface area (Å²) in [6.07, 6.45) is 2.56. The summed E-state index contributed by atoms with van der Waals surface area (Å²) in [7, 11) is 1.83. The van der Waals surface area contributed by atoms with Gasteiger partial charge >= 0.3 is 0 Å². The van der Waals surface area contributed by atoms with Crippen LogP contribution in [0.3, 0.4) is 0 Å². The summed E-state index contributed by atoms with van der Waals surface area (Å²) in [6, 6.07) is 10.2. The lowest BCUT2D eigenvalue weighted by Gasteiger charge is -2.30. The number of nitrogens with zero attached hydrogens (tertiary/aromatic N) is 4. The first-order valence-electron chi connectivity index (χ1n) is 10.9. The van der Waals surface area contributed by atoms with Crippen LogP contribution in [0.5, 0.6) is 0 Å². The van der Waals surface area contributed by atoms with Gasteiger partial charge < -0.3 is 9.80 Å². The number of likely N-dealkylation sites (N-methyl/N-ethyl adjacent to an activating group) is 1. The zero-order chi connectivity index (χ0) is 22.7. The number of aryl methyl sites for hydroxylation is 2. The standard InChI is InChI=1S/C24H28N4O2S2/c1-16-21(32-17(2)25-16)24(30)28-13-10-19(11-14-28)22-26-20(15-31-22)23(29)27(3)12-9-18-7-5-4-6-8-18/h4-8,15,19H,9-14H2,1-3H3. The van der Waals surface area contributed by atoms with Gasteiger partial charge in [0.15, 0.2) is 0 Å². The van der Waals surface area contributed by atoms with E-state index in [2.05, 4.69) is 22.1 Å². The smallest absolute Gasteiger partial charge is 0.273 e. The van der Waals surface area contributed by atoms with Gasteiger partial charge in [0.2, 0.25) is 0 Å². The molecule has 1 saturated heterocycles. The number of rotatable bonds is 6. The Kier molecular flexibility index (Phi) is 7.01. The lowest BCUT2D eigenvalue weighted by Crippen LogP contribution is -2.37. The van der Waals surface area contributed by atoms with Crippen LogP contribution in [-0.4, -0.2) is 58.3 Å². The average Bonchev–Trinajstić information content (AvgIpc) is 3.43. The summed E-state index contributed by atoms with van der Waals surface area (Å²) in [6.45, 7) is 5.90. The zero-order valence-corrected chi connectivity index (χ0v) is 20.3. The van der Waals surface area contributed by atoms with Crippen LogP contribution in [0.1, 0.15) is 60.2 Å². The first-order valence-corrected chi connectivity index (χ1v) is 12.6. The van der Waals surface area contributed by atoms with Crippen molar-refractivity contribution in [1.29, 1.82) is 0 Å². The molecule has 6 nitrogen and oxygen atoms in total. The van der Waals surface area contributed by atoms with Crippen molar-refractivity contribution in [2.45, 2.75) is 39.0 Å². The molecule has 1 aliphatic heterocycles. The molecule has 0 radical (unpaired) electrons. The van der Waals surface area contributed by atoms with Crippen LogP contribution in [0.25, 0.3) is 0 Å². The summed E-state index contributed by atoms with van der Waals surface area (Å²) in [4.78, 5) is 39.1. The van der Waals surface area contributed by atoms with E-state index in [0.717, 1.165) is 39.8 Å². The summed E-state index contributed by atoms with van der Waals surface area (Å²) >= 11 is 3.03. The van der Waals surface area contributed by atoms with Crippen molar-refractivity contribution in [1.82, 2.24) is 19.8 Å². The Bertz CT molecular complexity index is 1080. The molecule has 0 unspecified atom stereocenters. The van der Waals surface area contributed by atoms with E-state index in [1.807, 2.05) is 49.4 Å². The fourth-order valence-electron chi connectivity index (χ4n) is 4.01. The summed E-state index contributed by atoms with van der Waals surface area (Å²) < 4.78 is 0. The van der Waals surface area contributed by atoms with Crippen molar-refractivity contribution in [2.75, 3.05) is 26.7 Å². The van der Waals surface area contributed by atoms with Crippen molar-refractivity contribution in [3.8, 4) is 0 Å². The quantitative estimate of drug-likeness (QED) is 0.532. The van der Waals surface area contributed by atoms with Gasteiger partial charge in [-0.2, -0.15) is 0 Å². The largest absolute Gasteiger partial charge is 0.340 e. The summed E-state index contributed by atoms with van der Waals surface area (Å²) in [5.41, 5.74) is 2.56. The molecule has 0 N–H and O–H groups in total. The van der Waals surface area contributed by atoms with Crippen LogP contribution in [0, 0.1) is 13.8 Å². The van der Waals surface area contributed by atoms with E-state index in [9.17, 15) is 9.59 Å². The maximum Gasteiger partial charge on any atom is 0.273 e. The molecule has 0 aliphatic carbocycles. The molecule has 0 bridgehead atoms. The third-order valence-electron chi connectivity index (χ3n) is 5.90. The second-order valence-electron chi connectivity index (χ2n) is 8.25. The number of amides is 2. The minimum absolute atomic E-state index is 0.0351. The Morgan fingerprint density at radius 1 is 1.12 bits per heavy atom. The van der Waals surface area contributed by atoms with E-state index in [-0.39, 0.29) is 11.8 Å². The number of thiazole rings is 2. The monoisotopic (exact) mass is 468 g/mol. The van der Waals surface area contributed by atoms with Crippen LogP contribution in [-0.2, 0) is 6.42 Å². The van der Waals surface area contributed by atoms with E-state index < -0.39 is 0 Å². The Hall–Kier alpha value is -2.58. The topological polar surface area (TPSA) is 66.4 Å². The number of aromatic nitrogens is 2. The minimum Gasteiger partial charge on any atom is -0.340 e. The highest BCUT2D eigenvalue weighted by Crippen LogP contribution is 2.32. The molecular formula is C24H28N4O2S2. The molecule has 0 spiro atoms. The number of likely N-dealkylation sites (tertiary alicyclic amines) is 1. The van der Waals surface area contributed by atoms with Gasteiger partial charge in [0.05, 0.1) is 15.7 Å². The molecule has 0 atom stereocenters. The normalized spacial score (nSPS) is 14.5. The van der Waals surface area contributed by atoms with Crippen molar-refractivity contribution < 1.29 is 9.59 Å². The Labute approximate surface area is 196 Å². The highest BCUT2D eigenvalue weighted by atomic mass is 32.1. The van der Waals surface area contributed by atoms with Gasteiger partial charge in [0.1, 0.15) is 10.6 Å². The Morgan fingerprint density at radius 3 is 2.50 bits per heavy atom. The maximum atomic E-state index is 12.8. The second-order valence-corrected chi connectivity index (χ2v) is 10.3. The number of hydrogen-bond donors (Lipinski definition) is 0. The predicted octanol–water partition coefficient (Wildman–Crippen LogP) is 4.55. The van der Waals surface area contributed by atoms with E-state index >= 15 is 0 Å². The van der Waals surface area contributed by atoms with Crippen molar-refractivity contribution in [2.24, 2.45) is 0 Å². The second kappa shape index (κ2) is 9.92. The lowest BCUT2D eigenvalue weighted by atomic mass is 9.97. The van der Waals surface area contributed by atoms with E-state index in [1.165, 1.54) is 16.9 Å². The molecule has 4 rings (SSSR count). The molecule has 2 amide bonds. The van der Waals surface area contributed by atoms with Gasteiger partial charge in [0.25, 0.3) is 11.8 Å².